The summed E-state index contributed by atoms with van der Waals surface area (Å²) in [5, 5.41) is 8.06. The lowest BCUT2D eigenvalue weighted by atomic mass is 9.95. The molecule has 0 saturated heterocycles. The number of aryl methyl sites for hydroxylation is 2. The molecule has 6 rings (SSSR count). The van der Waals surface area contributed by atoms with E-state index in [1.165, 1.54) is 6.07 Å². The summed E-state index contributed by atoms with van der Waals surface area (Å²) in [5.74, 6) is -1.78. The quantitative estimate of drug-likeness (QED) is 0.107. The first-order valence-corrected chi connectivity index (χ1v) is 17.2. The van der Waals surface area contributed by atoms with Crippen LogP contribution in [0.3, 0.4) is 0 Å². The monoisotopic (exact) mass is 756 g/mol. The summed E-state index contributed by atoms with van der Waals surface area (Å²) in [5.41, 5.74) is 10.9. The van der Waals surface area contributed by atoms with Crippen molar-refractivity contribution >= 4 is 41.1 Å². The van der Waals surface area contributed by atoms with Gasteiger partial charge in [0.25, 0.3) is 0 Å². The Labute approximate surface area is 309 Å². The van der Waals surface area contributed by atoms with Gasteiger partial charge in [-0.3, -0.25) is 9.59 Å². The lowest BCUT2D eigenvalue weighted by Crippen LogP contribution is -2.45. The van der Waals surface area contributed by atoms with Crippen molar-refractivity contribution in [3.63, 3.8) is 0 Å². The third kappa shape index (κ3) is 7.86. The maximum Gasteiger partial charge on any atom is 0.419 e. The fourth-order valence-corrected chi connectivity index (χ4v) is 6.49. The number of para-hydroxylation sites is 1. The van der Waals surface area contributed by atoms with E-state index in [1.54, 1.807) is 35.7 Å². The van der Waals surface area contributed by atoms with Gasteiger partial charge in [0.15, 0.2) is 0 Å². The number of hydrogen-bond donors (Lipinski definition) is 3. The number of rotatable bonds is 11. The van der Waals surface area contributed by atoms with Crippen LogP contribution in [0.5, 0.6) is 0 Å². The third-order valence-corrected chi connectivity index (χ3v) is 9.39. The molecule has 16 heteroatoms. The van der Waals surface area contributed by atoms with Crippen LogP contribution >= 0.6 is 12.4 Å². The molecule has 1 amide bonds. The lowest BCUT2D eigenvalue weighted by molar-refractivity contribution is -0.145. The number of nitrogens with two attached hydrogens (primary N) is 1. The van der Waals surface area contributed by atoms with E-state index in [0.717, 1.165) is 34.9 Å². The summed E-state index contributed by atoms with van der Waals surface area (Å²) in [4.78, 5) is 37.7. The highest BCUT2D eigenvalue weighted by Crippen LogP contribution is 2.41. The highest BCUT2D eigenvalue weighted by atomic mass is 35.5. The molecule has 3 aromatic heterocycles. The SMILES string of the molecule is CCc1cccc(CC)c1-n1nc2c(c1-c1c(F)cc(COC(=O)CNC(=O)C(N)C(C)C)c3[nH]ccc13)CN(c1ncc(C(F)(F)F)cn1)CC2.Cl. The first-order chi connectivity index (χ1) is 24.8. The minimum Gasteiger partial charge on any atom is -0.459 e. The molecule has 4 N–H and O–H groups in total. The second-order valence-electron chi connectivity index (χ2n) is 13.1. The van der Waals surface area contributed by atoms with Gasteiger partial charge < -0.3 is 25.7 Å². The van der Waals surface area contributed by atoms with Crippen molar-refractivity contribution in [1.82, 2.24) is 30.0 Å². The van der Waals surface area contributed by atoms with Crippen molar-refractivity contribution in [1.29, 1.82) is 0 Å². The third-order valence-electron chi connectivity index (χ3n) is 9.39. The molecular weight excluding hydrogens is 716 g/mol. The number of H-pyrrole nitrogens is 1. The van der Waals surface area contributed by atoms with E-state index in [-0.39, 0.29) is 43.0 Å². The van der Waals surface area contributed by atoms with Crippen LogP contribution < -0.4 is 16.0 Å². The Hall–Kier alpha value is -5.02. The molecule has 0 fully saturated rings. The number of amides is 1. The normalized spacial score (nSPS) is 13.5. The van der Waals surface area contributed by atoms with Gasteiger partial charge in [0.05, 0.1) is 34.2 Å². The lowest BCUT2D eigenvalue weighted by Gasteiger charge is -2.27. The Bertz CT molecular complexity index is 2090. The van der Waals surface area contributed by atoms with E-state index in [0.29, 0.717) is 53.5 Å². The fraction of sp³-hybridized carbons (Fsp3) is 0.378. The molecule has 53 heavy (non-hydrogen) atoms. The number of hydrogen-bond acceptors (Lipinski definition) is 8. The number of anilines is 1. The number of alkyl halides is 3. The average Bonchev–Trinajstić information content (AvgIpc) is 3.77. The second-order valence-corrected chi connectivity index (χ2v) is 13.1. The average molecular weight is 757 g/mol. The second kappa shape index (κ2) is 15.9. The highest BCUT2D eigenvalue weighted by molar-refractivity contribution is 5.98. The topological polar surface area (TPSA) is 144 Å². The van der Waals surface area contributed by atoms with Crippen LogP contribution in [0.15, 0.2) is 48.9 Å². The number of esters is 1. The number of nitrogens with zero attached hydrogens (tertiary/aromatic N) is 5. The molecule has 2 aromatic carbocycles. The minimum absolute atomic E-state index is 0. The van der Waals surface area contributed by atoms with Gasteiger partial charge in [0, 0.05) is 60.2 Å². The maximum atomic E-state index is 16.8. The molecule has 0 aliphatic carbocycles. The van der Waals surface area contributed by atoms with Crippen molar-refractivity contribution in [2.24, 2.45) is 11.7 Å². The van der Waals surface area contributed by atoms with Gasteiger partial charge in [-0.05, 0) is 42.0 Å². The van der Waals surface area contributed by atoms with Crippen molar-refractivity contribution < 1.29 is 31.9 Å². The molecule has 1 aliphatic heterocycles. The van der Waals surface area contributed by atoms with Crippen LogP contribution in [0.2, 0.25) is 0 Å². The molecular formula is C37H41ClF4N8O3. The van der Waals surface area contributed by atoms with Crippen LogP contribution in [0, 0.1) is 11.7 Å². The molecule has 0 bridgehead atoms. The van der Waals surface area contributed by atoms with Crippen LogP contribution in [0.4, 0.5) is 23.5 Å². The van der Waals surface area contributed by atoms with Crippen molar-refractivity contribution in [2.75, 3.05) is 18.0 Å². The van der Waals surface area contributed by atoms with Crippen LogP contribution in [-0.4, -0.2) is 55.7 Å². The largest absolute Gasteiger partial charge is 0.459 e. The first kappa shape index (κ1) is 39.2. The number of nitrogens with one attached hydrogen (secondary N) is 2. The van der Waals surface area contributed by atoms with Crippen LogP contribution in [-0.2, 0) is 52.9 Å². The molecule has 5 aromatic rings. The maximum absolute atomic E-state index is 16.8. The molecule has 1 unspecified atom stereocenters. The zero-order chi connectivity index (χ0) is 37.3. The number of aromatic amines is 1. The predicted octanol–water partition coefficient (Wildman–Crippen LogP) is 6.22. The number of benzene rings is 2. The number of aromatic nitrogens is 5. The molecule has 1 aliphatic rings. The number of carbonyl (C=O) groups is 2. The summed E-state index contributed by atoms with van der Waals surface area (Å²) >= 11 is 0. The van der Waals surface area contributed by atoms with Gasteiger partial charge in [-0.25, -0.2) is 19.0 Å². The molecule has 11 nitrogen and oxygen atoms in total. The minimum atomic E-state index is -4.58. The van der Waals surface area contributed by atoms with E-state index >= 15 is 4.39 Å². The molecule has 0 saturated carbocycles. The van der Waals surface area contributed by atoms with Gasteiger partial charge in [-0.15, -0.1) is 12.4 Å². The fourth-order valence-electron chi connectivity index (χ4n) is 6.49. The Kier molecular flexibility index (Phi) is 11.8. The van der Waals surface area contributed by atoms with Gasteiger partial charge >= 0.3 is 12.1 Å². The Morgan fingerprint density at radius 3 is 2.38 bits per heavy atom. The Morgan fingerprint density at radius 2 is 1.75 bits per heavy atom. The zero-order valence-corrected chi connectivity index (χ0v) is 30.5. The zero-order valence-electron chi connectivity index (χ0n) is 29.7. The summed E-state index contributed by atoms with van der Waals surface area (Å²) in [6.45, 7) is 7.56. The summed E-state index contributed by atoms with van der Waals surface area (Å²) in [7, 11) is 0. The smallest absolute Gasteiger partial charge is 0.419 e. The van der Waals surface area contributed by atoms with Crippen molar-refractivity contribution in [3.05, 3.63) is 88.3 Å². The summed E-state index contributed by atoms with van der Waals surface area (Å²) in [6.07, 6.45) is 0.406. The van der Waals surface area contributed by atoms with Crippen LogP contribution in [0.1, 0.15) is 61.2 Å². The van der Waals surface area contributed by atoms with E-state index in [1.807, 2.05) is 32.0 Å². The van der Waals surface area contributed by atoms with Gasteiger partial charge in [-0.2, -0.15) is 18.3 Å². The van der Waals surface area contributed by atoms with Crippen molar-refractivity contribution in [3.8, 4) is 16.9 Å². The number of fused-ring (bicyclic) bond motifs is 2. The van der Waals surface area contributed by atoms with E-state index in [2.05, 4.69) is 20.3 Å². The van der Waals surface area contributed by atoms with Crippen LogP contribution in [0.25, 0.3) is 27.8 Å². The number of halogens is 5. The Balaban J connectivity index is 0.00000541. The Morgan fingerprint density at radius 1 is 1.08 bits per heavy atom. The van der Waals surface area contributed by atoms with E-state index in [4.69, 9.17) is 15.6 Å². The van der Waals surface area contributed by atoms with Gasteiger partial charge in [0.1, 0.15) is 19.0 Å². The molecule has 1 atom stereocenters. The standard InChI is InChI=1S/C37H40F4N8O3.ClH/c1-5-21-8-7-9-22(6-2)33(21)49-34(26-18-48(13-11-28(26)47-49)36-45-15-24(16-46-36)37(39,40)41)30-25-10-12-43-32(25)23(14-27(30)38)19-52-29(50)17-44-35(51)31(42)20(3)4;/h7-10,12,14-16,20,31,43H,5-6,11,13,17-19,42H2,1-4H3,(H,44,51);1H. The van der Waals surface area contributed by atoms with Gasteiger partial charge in [-0.1, -0.05) is 45.9 Å². The molecule has 0 radical (unpaired) electrons. The number of carbonyl (C=O) groups excluding carboxylic acids is 2. The van der Waals surface area contributed by atoms with Crippen molar-refractivity contribution in [2.45, 2.75) is 72.3 Å². The molecule has 4 heterocycles. The number of ether oxygens (including phenoxy) is 1. The highest BCUT2D eigenvalue weighted by Gasteiger charge is 2.34. The molecule has 0 spiro atoms. The summed E-state index contributed by atoms with van der Waals surface area (Å²) in [6, 6.07) is 8.28. The predicted molar refractivity (Wildman–Crippen MR) is 194 cm³/mol. The van der Waals surface area contributed by atoms with E-state index < -0.39 is 42.0 Å². The van der Waals surface area contributed by atoms with Gasteiger partial charge in [0.2, 0.25) is 11.9 Å². The molecule has 282 valence electrons. The summed E-state index contributed by atoms with van der Waals surface area (Å²) < 4.78 is 63.8. The first-order valence-electron chi connectivity index (χ1n) is 17.2. The van der Waals surface area contributed by atoms with E-state index in [9.17, 15) is 22.8 Å².